The molecule has 3 N–H and O–H groups in total. The highest BCUT2D eigenvalue weighted by molar-refractivity contribution is 7.13. The molecular formula is C16H27N5O2S. The van der Waals surface area contributed by atoms with Crippen LogP contribution in [0.25, 0.3) is 0 Å². The molecule has 0 unspecified atom stereocenters. The van der Waals surface area contributed by atoms with Crippen LogP contribution in [0.15, 0.2) is 5.38 Å². The van der Waals surface area contributed by atoms with E-state index in [4.69, 9.17) is 0 Å². The first kappa shape index (κ1) is 18.8. The topological polar surface area (TPSA) is 86.4 Å². The van der Waals surface area contributed by atoms with Crippen LogP contribution in [0.1, 0.15) is 26.5 Å². The first-order chi connectivity index (χ1) is 11.3. The van der Waals surface area contributed by atoms with E-state index in [1.54, 1.807) is 0 Å². The minimum Gasteiger partial charge on any atom is -0.354 e. The van der Waals surface area contributed by atoms with Gasteiger partial charge in [0.05, 0.1) is 12.1 Å². The fourth-order valence-electron chi connectivity index (χ4n) is 2.25. The Hall–Kier alpha value is -1.51. The zero-order valence-corrected chi connectivity index (χ0v) is 15.5. The minimum absolute atomic E-state index is 0.0378. The Morgan fingerprint density at radius 1 is 1.33 bits per heavy atom. The van der Waals surface area contributed by atoms with Gasteiger partial charge in [-0.05, 0) is 0 Å². The van der Waals surface area contributed by atoms with Crippen molar-refractivity contribution in [2.75, 3.05) is 44.6 Å². The largest absolute Gasteiger partial charge is 0.354 e. The van der Waals surface area contributed by atoms with E-state index in [-0.39, 0.29) is 18.2 Å². The Labute approximate surface area is 147 Å². The second-order valence-corrected chi connectivity index (χ2v) is 7.82. The number of thiazole rings is 1. The van der Waals surface area contributed by atoms with Crippen LogP contribution >= 0.6 is 11.3 Å². The van der Waals surface area contributed by atoms with E-state index in [0.29, 0.717) is 17.4 Å². The molecule has 8 heteroatoms. The van der Waals surface area contributed by atoms with Crippen LogP contribution in [0, 0.1) is 5.41 Å². The molecule has 0 bridgehead atoms. The molecule has 2 amide bonds. The molecule has 2 heterocycles. The van der Waals surface area contributed by atoms with Crippen LogP contribution < -0.4 is 16.0 Å². The maximum Gasteiger partial charge on any atom is 0.231 e. The monoisotopic (exact) mass is 353 g/mol. The Balaban J connectivity index is 1.71. The minimum atomic E-state index is -0.465. The Kier molecular flexibility index (Phi) is 6.70. The van der Waals surface area contributed by atoms with Crippen LogP contribution in [0.4, 0.5) is 5.13 Å². The first-order valence-electron chi connectivity index (χ1n) is 8.30. The lowest BCUT2D eigenvalue weighted by Gasteiger charge is -2.27. The quantitative estimate of drug-likeness (QED) is 0.701. The average molecular weight is 353 g/mol. The molecule has 24 heavy (non-hydrogen) atoms. The second kappa shape index (κ2) is 8.55. The third-order valence-electron chi connectivity index (χ3n) is 3.75. The number of piperazine rings is 1. The summed E-state index contributed by atoms with van der Waals surface area (Å²) in [6.07, 6.45) is 0.240. The van der Waals surface area contributed by atoms with Gasteiger partial charge in [-0.1, -0.05) is 20.8 Å². The number of carbonyl (C=O) groups excluding carboxylic acids is 2. The molecule has 0 radical (unpaired) electrons. The fraction of sp³-hybridized carbons (Fsp3) is 0.688. The molecule has 0 aromatic carbocycles. The molecule has 1 aromatic heterocycles. The molecule has 0 spiro atoms. The van der Waals surface area contributed by atoms with Crippen molar-refractivity contribution in [1.29, 1.82) is 0 Å². The molecule has 1 aliphatic rings. The summed E-state index contributed by atoms with van der Waals surface area (Å²) in [5, 5.41) is 11.4. The SMILES string of the molecule is CC(C)(C)C(=O)Nc1nc(CC(=O)NCCN2CCNCC2)cs1. The van der Waals surface area contributed by atoms with Gasteiger partial charge in [0, 0.05) is 50.1 Å². The number of nitrogens with one attached hydrogen (secondary N) is 3. The summed E-state index contributed by atoms with van der Waals surface area (Å²) in [7, 11) is 0. The van der Waals surface area contributed by atoms with Crippen molar-refractivity contribution in [1.82, 2.24) is 20.5 Å². The van der Waals surface area contributed by atoms with Gasteiger partial charge < -0.3 is 16.0 Å². The normalized spacial score (nSPS) is 16.0. The van der Waals surface area contributed by atoms with Crippen LogP contribution in [0.3, 0.4) is 0 Å². The molecule has 1 saturated heterocycles. The van der Waals surface area contributed by atoms with Gasteiger partial charge in [0.15, 0.2) is 5.13 Å². The van der Waals surface area contributed by atoms with Crippen molar-refractivity contribution >= 4 is 28.3 Å². The molecular weight excluding hydrogens is 326 g/mol. The second-order valence-electron chi connectivity index (χ2n) is 6.97. The van der Waals surface area contributed by atoms with Gasteiger partial charge in [0.25, 0.3) is 0 Å². The number of rotatable bonds is 6. The van der Waals surface area contributed by atoms with Gasteiger partial charge in [-0.25, -0.2) is 4.98 Å². The van der Waals surface area contributed by atoms with Gasteiger partial charge in [-0.3, -0.25) is 14.5 Å². The van der Waals surface area contributed by atoms with Gasteiger partial charge >= 0.3 is 0 Å². The molecule has 134 valence electrons. The predicted octanol–water partition coefficient (Wildman–Crippen LogP) is 0.692. The summed E-state index contributed by atoms with van der Waals surface area (Å²) in [5.41, 5.74) is 0.219. The van der Waals surface area contributed by atoms with E-state index in [9.17, 15) is 9.59 Å². The molecule has 1 aromatic rings. The van der Waals surface area contributed by atoms with E-state index in [1.807, 2.05) is 26.2 Å². The molecule has 1 fully saturated rings. The van der Waals surface area contributed by atoms with Gasteiger partial charge in [0.2, 0.25) is 11.8 Å². The summed E-state index contributed by atoms with van der Waals surface area (Å²) in [6.45, 7) is 11.1. The van der Waals surface area contributed by atoms with Crippen LogP contribution in [0.5, 0.6) is 0 Å². The van der Waals surface area contributed by atoms with Gasteiger partial charge in [0.1, 0.15) is 0 Å². The molecule has 7 nitrogen and oxygen atoms in total. The van der Waals surface area contributed by atoms with E-state index >= 15 is 0 Å². The van der Waals surface area contributed by atoms with Crippen LogP contribution in [-0.4, -0.2) is 61.0 Å². The standard InChI is InChI=1S/C16H27N5O2S/c1-16(2,3)14(23)20-15-19-12(11-24-15)10-13(22)18-6-9-21-7-4-17-5-8-21/h11,17H,4-10H2,1-3H3,(H,18,22)(H,19,20,23). The maximum atomic E-state index is 12.0. The van der Waals surface area contributed by atoms with Crippen molar-refractivity contribution < 1.29 is 9.59 Å². The smallest absolute Gasteiger partial charge is 0.231 e. The Morgan fingerprint density at radius 2 is 2.04 bits per heavy atom. The van der Waals surface area contributed by atoms with Crippen molar-refractivity contribution in [2.45, 2.75) is 27.2 Å². The van der Waals surface area contributed by atoms with E-state index in [1.165, 1.54) is 11.3 Å². The zero-order valence-electron chi connectivity index (χ0n) is 14.6. The average Bonchev–Trinajstić information content (AvgIpc) is 2.94. The van der Waals surface area contributed by atoms with Gasteiger partial charge in [-0.15, -0.1) is 11.3 Å². The summed E-state index contributed by atoms with van der Waals surface area (Å²) in [6, 6.07) is 0. The molecule has 0 atom stereocenters. The maximum absolute atomic E-state index is 12.0. The van der Waals surface area contributed by atoms with Gasteiger partial charge in [-0.2, -0.15) is 0 Å². The van der Waals surface area contributed by atoms with Crippen molar-refractivity contribution in [3.05, 3.63) is 11.1 Å². The highest BCUT2D eigenvalue weighted by Gasteiger charge is 2.22. The number of hydrogen-bond donors (Lipinski definition) is 3. The van der Waals surface area contributed by atoms with Crippen LogP contribution in [0.2, 0.25) is 0 Å². The first-order valence-corrected chi connectivity index (χ1v) is 9.18. The third-order valence-corrected chi connectivity index (χ3v) is 4.56. The lowest BCUT2D eigenvalue weighted by Crippen LogP contribution is -2.46. The lowest BCUT2D eigenvalue weighted by atomic mass is 9.96. The summed E-state index contributed by atoms with van der Waals surface area (Å²) in [4.78, 5) is 30.5. The number of nitrogens with zero attached hydrogens (tertiary/aromatic N) is 2. The van der Waals surface area contributed by atoms with Crippen molar-refractivity contribution in [3.8, 4) is 0 Å². The fourth-order valence-corrected chi connectivity index (χ4v) is 2.95. The van der Waals surface area contributed by atoms with E-state index < -0.39 is 5.41 Å². The zero-order chi connectivity index (χ0) is 17.6. The number of amides is 2. The van der Waals surface area contributed by atoms with Crippen LogP contribution in [-0.2, 0) is 16.0 Å². The molecule has 1 aliphatic heterocycles. The highest BCUT2D eigenvalue weighted by Crippen LogP contribution is 2.20. The molecule has 2 rings (SSSR count). The van der Waals surface area contributed by atoms with Crippen molar-refractivity contribution in [2.24, 2.45) is 5.41 Å². The highest BCUT2D eigenvalue weighted by atomic mass is 32.1. The number of carbonyl (C=O) groups is 2. The predicted molar refractivity (Wildman–Crippen MR) is 96.2 cm³/mol. The third kappa shape index (κ3) is 6.18. The lowest BCUT2D eigenvalue weighted by molar-refractivity contribution is -0.123. The number of aromatic nitrogens is 1. The number of hydrogen-bond acceptors (Lipinski definition) is 6. The Bertz CT molecular complexity index is 561. The molecule has 0 saturated carbocycles. The summed E-state index contributed by atoms with van der Waals surface area (Å²) in [5.74, 6) is -0.118. The Morgan fingerprint density at radius 3 is 2.71 bits per heavy atom. The number of anilines is 1. The molecule has 0 aliphatic carbocycles. The van der Waals surface area contributed by atoms with Crippen molar-refractivity contribution in [3.63, 3.8) is 0 Å². The van der Waals surface area contributed by atoms with E-state index in [2.05, 4.69) is 25.8 Å². The summed E-state index contributed by atoms with van der Waals surface area (Å²) >= 11 is 1.34. The van der Waals surface area contributed by atoms with E-state index in [0.717, 1.165) is 32.7 Å². The summed E-state index contributed by atoms with van der Waals surface area (Å²) < 4.78 is 0.